The van der Waals surface area contributed by atoms with Gasteiger partial charge in [0.05, 0.1) is 13.2 Å². The lowest BCUT2D eigenvalue weighted by atomic mass is 10.4. The van der Waals surface area contributed by atoms with Gasteiger partial charge in [-0.1, -0.05) is 26.7 Å². The van der Waals surface area contributed by atoms with E-state index in [0.717, 1.165) is 25.7 Å². The lowest BCUT2D eigenvalue weighted by Crippen LogP contribution is -2.09. The van der Waals surface area contributed by atoms with Gasteiger partial charge >= 0.3 is 6.16 Å². The maximum absolute atomic E-state index is 10.7. The van der Waals surface area contributed by atoms with E-state index in [1.807, 2.05) is 13.8 Å². The molecular weight excluding hydrogens is 188 g/mol. The van der Waals surface area contributed by atoms with E-state index in [1.165, 1.54) is 0 Å². The van der Waals surface area contributed by atoms with Gasteiger partial charge in [0.15, 0.2) is 0 Å². The second-order valence-electron chi connectivity index (χ2n) is 2.65. The van der Waals surface area contributed by atoms with Crippen molar-refractivity contribution in [1.82, 2.24) is 0 Å². The minimum Gasteiger partial charge on any atom is -0.434 e. The molecule has 0 aliphatic carbocycles. The van der Waals surface area contributed by atoms with Crippen LogP contribution in [0.5, 0.6) is 0 Å². The summed E-state index contributed by atoms with van der Waals surface area (Å²) in [6, 6.07) is 0. The van der Waals surface area contributed by atoms with Crippen molar-refractivity contribution in [3.8, 4) is 0 Å². The molecule has 5 heteroatoms. The molecule has 0 atom stereocenters. The predicted molar refractivity (Wildman–Crippen MR) is 52.4 cm³/mol. The number of unbranched alkanes of at least 4 members (excludes halogenated alkanes) is 2. The normalized spacial score (nSPS) is 8.57. The van der Waals surface area contributed by atoms with E-state index >= 15 is 0 Å². The van der Waals surface area contributed by atoms with Crippen molar-refractivity contribution in [2.45, 2.75) is 39.5 Å². The molecule has 0 fully saturated rings. The summed E-state index contributed by atoms with van der Waals surface area (Å²) >= 11 is 0. The minimum absolute atomic E-state index is 0.474. The first-order valence-corrected chi connectivity index (χ1v) is 4.80. The van der Waals surface area contributed by atoms with Crippen LogP contribution < -0.4 is 0 Å². The first-order chi connectivity index (χ1) is 6.81. The zero-order chi connectivity index (χ0) is 11.2. The highest BCUT2D eigenvalue weighted by Gasteiger charge is 2.00. The third kappa shape index (κ3) is 13.8. The quantitative estimate of drug-likeness (QED) is 0.304. The van der Waals surface area contributed by atoms with E-state index in [-0.39, 0.29) is 0 Å². The molecule has 2 N–H and O–H groups in total. The highest BCUT2D eigenvalue weighted by Crippen LogP contribution is 1.93. The summed E-state index contributed by atoms with van der Waals surface area (Å²) in [5.74, 6) is 0. The monoisotopic (exact) mass is 208 g/mol. The summed E-state index contributed by atoms with van der Waals surface area (Å²) in [5.41, 5.74) is 0. The maximum Gasteiger partial charge on any atom is 0.508 e. The Bertz CT molecular complexity index is 104. The van der Waals surface area contributed by atoms with Gasteiger partial charge in [0.1, 0.15) is 0 Å². The van der Waals surface area contributed by atoms with Gasteiger partial charge < -0.3 is 9.47 Å². The molecule has 0 spiro atoms. The SMILES string of the molecule is CCCCOC(=O)OCCCC.OO. The first kappa shape index (κ1) is 15.7. The Morgan fingerprint density at radius 3 is 1.64 bits per heavy atom. The highest BCUT2D eigenvalue weighted by atomic mass is 17.0. The van der Waals surface area contributed by atoms with Crippen LogP contribution >= 0.6 is 0 Å². The van der Waals surface area contributed by atoms with Crippen LogP contribution in [-0.2, 0) is 9.47 Å². The zero-order valence-electron chi connectivity index (χ0n) is 8.86. The van der Waals surface area contributed by atoms with Gasteiger partial charge in [-0.3, -0.25) is 10.5 Å². The van der Waals surface area contributed by atoms with Gasteiger partial charge in [-0.05, 0) is 12.8 Å². The lowest BCUT2D eigenvalue weighted by molar-refractivity contribution is -0.176. The van der Waals surface area contributed by atoms with Crippen LogP contribution in [0.2, 0.25) is 0 Å². The molecule has 0 unspecified atom stereocenters. The van der Waals surface area contributed by atoms with Crippen molar-refractivity contribution in [2.24, 2.45) is 0 Å². The molecule has 0 rings (SSSR count). The third-order valence-corrected chi connectivity index (χ3v) is 1.44. The average Bonchev–Trinajstić information content (AvgIpc) is 2.22. The van der Waals surface area contributed by atoms with E-state index in [4.69, 9.17) is 20.0 Å². The minimum atomic E-state index is -0.531. The second kappa shape index (κ2) is 14.7. The third-order valence-electron chi connectivity index (χ3n) is 1.44. The maximum atomic E-state index is 10.7. The van der Waals surface area contributed by atoms with Crippen molar-refractivity contribution in [1.29, 1.82) is 0 Å². The van der Waals surface area contributed by atoms with Gasteiger partial charge in [-0.15, -0.1) is 0 Å². The molecule has 0 aromatic heterocycles. The lowest BCUT2D eigenvalue weighted by Gasteiger charge is -2.04. The molecule has 14 heavy (non-hydrogen) atoms. The first-order valence-electron chi connectivity index (χ1n) is 4.80. The molecule has 0 aromatic rings. The Morgan fingerprint density at radius 1 is 1.00 bits per heavy atom. The number of carbonyl (C=O) groups is 1. The van der Waals surface area contributed by atoms with E-state index in [9.17, 15) is 4.79 Å². The van der Waals surface area contributed by atoms with Crippen molar-refractivity contribution >= 4 is 6.16 Å². The van der Waals surface area contributed by atoms with Crippen molar-refractivity contribution in [3.05, 3.63) is 0 Å². The molecule has 86 valence electrons. The second-order valence-corrected chi connectivity index (χ2v) is 2.65. The predicted octanol–water partition coefficient (Wildman–Crippen LogP) is 2.76. The Morgan fingerprint density at radius 2 is 1.36 bits per heavy atom. The summed E-state index contributed by atoms with van der Waals surface area (Å²) in [5, 5.41) is 12.0. The molecule has 0 aliphatic rings. The molecule has 0 amide bonds. The number of hydrogen-bond donors (Lipinski definition) is 2. The molecular formula is C9H20O5. The summed E-state index contributed by atoms with van der Waals surface area (Å²) in [6.07, 6.45) is 3.34. The fraction of sp³-hybridized carbons (Fsp3) is 0.889. The van der Waals surface area contributed by atoms with Gasteiger partial charge in [-0.2, -0.15) is 0 Å². The smallest absolute Gasteiger partial charge is 0.434 e. The summed E-state index contributed by atoms with van der Waals surface area (Å²) < 4.78 is 9.54. The molecule has 0 heterocycles. The standard InChI is InChI=1S/C9H18O3.H2O2/c1-3-5-7-11-9(10)12-8-6-4-2;1-2/h3-8H2,1-2H3;1-2H. The largest absolute Gasteiger partial charge is 0.508 e. The van der Waals surface area contributed by atoms with Crippen molar-refractivity contribution < 1.29 is 24.8 Å². The van der Waals surface area contributed by atoms with E-state index in [1.54, 1.807) is 0 Å². The van der Waals surface area contributed by atoms with Gasteiger partial charge in [0, 0.05) is 0 Å². The summed E-state index contributed by atoms with van der Waals surface area (Å²) in [4.78, 5) is 10.7. The number of hydrogen-bond acceptors (Lipinski definition) is 5. The average molecular weight is 208 g/mol. The fourth-order valence-electron chi connectivity index (χ4n) is 0.641. The molecule has 0 saturated heterocycles. The van der Waals surface area contributed by atoms with Crippen LogP contribution in [-0.4, -0.2) is 29.9 Å². The number of rotatable bonds is 6. The van der Waals surface area contributed by atoms with Crippen LogP contribution in [0.15, 0.2) is 0 Å². The fourth-order valence-corrected chi connectivity index (χ4v) is 0.641. The Labute approximate surface area is 84.6 Å². The van der Waals surface area contributed by atoms with Crippen LogP contribution in [0, 0.1) is 0 Å². The molecule has 0 aliphatic heterocycles. The Balaban J connectivity index is 0. The molecule has 0 saturated carbocycles. The van der Waals surface area contributed by atoms with Crippen LogP contribution in [0.1, 0.15) is 39.5 Å². The zero-order valence-corrected chi connectivity index (χ0v) is 8.86. The number of ether oxygens (including phenoxy) is 2. The van der Waals surface area contributed by atoms with Gasteiger partial charge in [0.2, 0.25) is 0 Å². The van der Waals surface area contributed by atoms with E-state index in [2.05, 4.69) is 0 Å². The molecule has 0 bridgehead atoms. The van der Waals surface area contributed by atoms with Gasteiger partial charge in [-0.25, -0.2) is 4.79 Å². The van der Waals surface area contributed by atoms with Crippen molar-refractivity contribution in [2.75, 3.05) is 13.2 Å². The summed E-state index contributed by atoms with van der Waals surface area (Å²) in [6.45, 7) is 5.04. The Hall–Kier alpha value is -0.810. The molecule has 0 radical (unpaired) electrons. The van der Waals surface area contributed by atoms with Crippen molar-refractivity contribution in [3.63, 3.8) is 0 Å². The van der Waals surface area contributed by atoms with E-state index < -0.39 is 6.16 Å². The van der Waals surface area contributed by atoms with Crippen LogP contribution in [0.4, 0.5) is 4.79 Å². The molecule has 0 aromatic carbocycles. The number of carbonyl (C=O) groups excluding carboxylic acids is 1. The molecule has 5 nitrogen and oxygen atoms in total. The van der Waals surface area contributed by atoms with Crippen LogP contribution in [0.3, 0.4) is 0 Å². The Kier molecular flexibility index (Phi) is 16.4. The topological polar surface area (TPSA) is 76.0 Å². The van der Waals surface area contributed by atoms with Gasteiger partial charge in [0.25, 0.3) is 0 Å². The van der Waals surface area contributed by atoms with E-state index in [0.29, 0.717) is 13.2 Å². The van der Waals surface area contributed by atoms with Crippen LogP contribution in [0.25, 0.3) is 0 Å². The highest BCUT2D eigenvalue weighted by molar-refractivity contribution is 5.59. The summed E-state index contributed by atoms with van der Waals surface area (Å²) in [7, 11) is 0.